The lowest BCUT2D eigenvalue weighted by Crippen LogP contribution is -2.28. The number of rotatable bonds is 7. The molecule has 0 aliphatic carbocycles. The molecule has 2 aromatic rings. The van der Waals surface area contributed by atoms with Crippen LogP contribution in [0.15, 0.2) is 48.5 Å². The van der Waals surface area contributed by atoms with Gasteiger partial charge in [-0.25, -0.2) is 4.79 Å². The molecule has 0 aromatic heterocycles. The van der Waals surface area contributed by atoms with Gasteiger partial charge in [0.2, 0.25) is 11.8 Å². The number of anilines is 2. The van der Waals surface area contributed by atoms with Crippen LogP contribution in [0.25, 0.3) is 0 Å². The number of benzene rings is 2. The van der Waals surface area contributed by atoms with Gasteiger partial charge < -0.3 is 19.7 Å². The first-order valence-corrected chi connectivity index (χ1v) is 9.63. The molecule has 3 rings (SSSR count). The van der Waals surface area contributed by atoms with Gasteiger partial charge in [0.05, 0.1) is 30.4 Å². The zero-order valence-electron chi connectivity index (χ0n) is 16.5. The van der Waals surface area contributed by atoms with Gasteiger partial charge >= 0.3 is 5.97 Å². The Balaban J connectivity index is 1.66. The van der Waals surface area contributed by atoms with Crippen LogP contribution in [0.2, 0.25) is 0 Å². The van der Waals surface area contributed by atoms with Crippen LogP contribution in [0.4, 0.5) is 11.4 Å². The largest absolute Gasteiger partial charge is 0.492 e. The maximum atomic E-state index is 12.7. The van der Waals surface area contributed by atoms with Gasteiger partial charge in [-0.3, -0.25) is 9.59 Å². The van der Waals surface area contributed by atoms with E-state index < -0.39 is 11.9 Å². The second-order valence-electron chi connectivity index (χ2n) is 6.59. The number of nitrogens with one attached hydrogen (secondary N) is 1. The van der Waals surface area contributed by atoms with Gasteiger partial charge in [0, 0.05) is 18.7 Å². The number of carbonyl (C=O) groups is 3. The number of carbonyl (C=O) groups excluding carboxylic acids is 3. The van der Waals surface area contributed by atoms with E-state index in [0.717, 1.165) is 0 Å². The van der Waals surface area contributed by atoms with Crippen molar-refractivity contribution in [2.75, 3.05) is 30.0 Å². The van der Waals surface area contributed by atoms with Gasteiger partial charge in [-0.2, -0.15) is 0 Å². The summed E-state index contributed by atoms with van der Waals surface area (Å²) >= 11 is 0. The number of ether oxygens (including phenoxy) is 2. The van der Waals surface area contributed by atoms with E-state index in [1.807, 2.05) is 31.2 Å². The minimum absolute atomic E-state index is 0.116. The summed E-state index contributed by atoms with van der Waals surface area (Å²) in [5, 5.41) is 2.81. The summed E-state index contributed by atoms with van der Waals surface area (Å²) < 4.78 is 10.5. The molecule has 1 aliphatic rings. The second kappa shape index (κ2) is 9.23. The van der Waals surface area contributed by atoms with Crippen molar-refractivity contribution in [1.29, 1.82) is 0 Å². The molecule has 1 heterocycles. The number of amides is 2. The first-order valence-electron chi connectivity index (χ1n) is 9.63. The molecule has 0 saturated carbocycles. The zero-order chi connectivity index (χ0) is 20.8. The van der Waals surface area contributed by atoms with Gasteiger partial charge in [0.15, 0.2) is 0 Å². The Morgan fingerprint density at radius 2 is 1.79 bits per heavy atom. The van der Waals surface area contributed by atoms with Crippen LogP contribution in [0.1, 0.15) is 30.6 Å². The second-order valence-corrected chi connectivity index (χ2v) is 6.59. The van der Waals surface area contributed by atoms with E-state index >= 15 is 0 Å². The number of para-hydroxylation sites is 2. The molecule has 2 aromatic carbocycles. The minimum atomic E-state index is -0.470. The van der Waals surface area contributed by atoms with Gasteiger partial charge in [-0.15, -0.1) is 0 Å². The lowest BCUT2D eigenvalue weighted by Gasteiger charge is -2.20. The van der Waals surface area contributed by atoms with Crippen LogP contribution in [-0.2, 0) is 14.3 Å². The summed E-state index contributed by atoms with van der Waals surface area (Å²) in [4.78, 5) is 38.5. The Bertz CT molecular complexity index is 894. The van der Waals surface area contributed by atoms with Crippen molar-refractivity contribution in [3.63, 3.8) is 0 Å². The minimum Gasteiger partial charge on any atom is -0.492 e. The van der Waals surface area contributed by atoms with Crippen LogP contribution in [0.3, 0.4) is 0 Å². The molecule has 1 fully saturated rings. The van der Waals surface area contributed by atoms with Crippen molar-refractivity contribution in [2.45, 2.75) is 20.3 Å². The Labute approximate surface area is 169 Å². The average molecular weight is 396 g/mol. The standard InChI is InChI=1S/C22H24N2O5/c1-3-28-19-8-6-5-7-18(19)24-14-16(13-20(24)25)21(26)23-17-11-9-15(10-12-17)22(27)29-4-2/h5-12,16H,3-4,13-14H2,1-2H3,(H,23,26). The molecule has 1 aliphatic heterocycles. The third kappa shape index (κ3) is 4.74. The van der Waals surface area contributed by atoms with Crippen molar-refractivity contribution in [3.05, 3.63) is 54.1 Å². The van der Waals surface area contributed by atoms with Gasteiger partial charge in [0.1, 0.15) is 5.75 Å². The van der Waals surface area contributed by atoms with Crippen molar-refractivity contribution >= 4 is 29.2 Å². The summed E-state index contributed by atoms with van der Waals surface area (Å²) in [6.45, 7) is 4.70. The summed E-state index contributed by atoms with van der Waals surface area (Å²) in [7, 11) is 0. The molecule has 1 atom stereocenters. The molecule has 1 N–H and O–H groups in total. The van der Waals surface area contributed by atoms with Crippen molar-refractivity contribution < 1.29 is 23.9 Å². The quantitative estimate of drug-likeness (QED) is 0.726. The molecule has 152 valence electrons. The van der Waals surface area contributed by atoms with E-state index in [0.29, 0.717) is 35.9 Å². The molecule has 29 heavy (non-hydrogen) atoms. The summed E-state index contributed by atoms with van der Waals surface area (Å²) in [5.74, 6) is -0.607. The van der Waals surface area contributed by atoms with Crippen LogP contribution >= 0.6 is 0 Å². The van der Waals surface area contributed by atoms with Crippen LogP contribution < -0.4 is 15.0 Å². The SMILES string of the molecule is CCOC(=O)c1ccc(NC(=O)C2CC(=O)N(c3ccccc3OCC)C2)cc1. The van der Waals surface area contributed by atoms with E-state index in [4.69, 9.17) is 9.47 Å². The van der Waals surface area contributed by atoms with E-state index in [1.165, 1.54) is 0 Å². The molecule has 7 heteroatoms. The van der Waals surface area contributed by atoms with Crippen LogP contribution in [-0.4, -0.2) is 37.5 Å². The Hall–Kier alpha value is -3.35. The van der Waals surface area contributed by atoms with Gasteiger partial charge in [0.25, 0.3) is 0 Å². The monoisotopic (exact) mass is 396 g/mol. The van der Waals surface area contributed by atoms with Crippen molar-refractivity contribution in [1.82, 2.24) is 0 Å². The molecule has 0 bridgehead atoms. The fourth-order valence-corrected chi connectivity index (χ4v) is 3.22. The van der Waals surface area contributed by atoms with Crippen LogP contribution in [0, 0.1) is 5.92 Å². The smallest absolute Gasteiger partial charge is 0.338 e. The highest BCUT2D eigenvalue weighted by Gasteiger charge is 2.36. The molecule has 7 nitrogen and oxygen atoms in total. The summed E-state index contributed by atoms with van der Waals surface area (Å²) in [5.41, 5.74) is 1.65. The predicted octanol–water partition coefficient (Wildman–Crippen LogP) is 3.25. The Morgan fingerprint density at radius 3 is 2.48 bits per heavy atom. The first kappa shape index (κ1) is 20.4. The lowest BCUT2D eigenvalue weighted by atomic mass is 10.1. The third-order valence-corrected chi connectivity index (χ3v) is 4.62. The summed E-state index contributed by atoms with van der Waals surface area (Å²) in [6, 6.07) is 13.8. The number of hydrogen-bond donors (Lipinski definition) is 1. The third-order valence-electron chi connectivity index (χ3n) is 4.62. The lowest BCUT2D eigenvalue weighted by molar-refractivity contribution is -0.122. The molecular weight excluding hydrogens is 372 g/mol. The van der Waals surface area contributed by atoms with Crippen molar-refractivity contribution in [2.24, 2.45) is 5.92 Å². The molecule has 2 amide bonds. The fraction of sp³-hybridized carbons (Fsp3) is 0.318. The highest BCUT2D eigenvalue weighted by atomic mass is 16.5. The number of nitrogens with zero attached hydrogens (tertiary/aromatic N) is 1. The van der Waals surface area contributed by atoms with E-state index in [9.17, 15) is 14.4 Å². The van der Waals surface area contributed by atoms with Crippen molar-refractivity contribution in [3.8, 4) is 5.75 Å². The first-order chi connectivity index (χ1) is 14.0. The maximum Gasteiger partial charge on any atom is 0.338 e. The Kier molecular flexibility index (Phi) is 6.49. The summed E-state index contributed by atoms with van der Waals surface area (Å²) in [6.07, 6.45) is 0.132. The Morgan fingerprint density at radius 1 is 1.07 bits per heavy atom. The fourth-order valence-electron chi connectivity index (χ4n) is 3.22. The van der Waals surface area contributed by atoms with Gasteiger partial charge in [-0.1, -0.05) is 12.1 Å². The zero-order valence-corrected chi connectivity index (χ0v) is 16.5. The van der Waals surface area contributed by atoms with E-state index in [2.05, 4.69) is 5.32 Å². The topological polar surface area (TPSA) is 84.9 Å². The molecular formula is C22H24N2O5. The molecule has 1 unspecified atom stereocenters. The van der Waals surface area contributed by atoms with Crippen LogP contribution in [0.5, 0.6) is 5.75 Å². The normalized spacial score (nSPS) is 15.9. The van der Waals surface area contributed by atoms with Gasteiger partial charge in [-0.05, 0) is 50.2 Å². The molecule has 1 saturated heterocycles. The highest BCUT2D eigenvalue weighted by Crippen LogP contribution is 2.33. The molecule has 0 spiro atoms. The average Bonchev–Trinajstić information content (AvgIpc) is 3.11. The van der Waals surface area contributed by atoms with E-state index in [-0.39, 0.29) is 24.8 Å². The maximum absolute atomic E-state index is 12.7. The number of esters is 1. The number of hydrogen-bond acceptors (Lipinski definition) is 5. The predicted molar refractivity (Wildman–Crippen MR) is 109 cm³/mol. The van der Waals surface area contributed by atoms with E-state index in [1.54, 1.807) is 36.1 Å². The molecule has 0 radical (unpaired) electrons. The highest BCUT2D eigenvalue weighted by molar-refractivity contribution is 6.04.